The third-order valence-corrected chi connectivity index (χ3v) is 10.6. The number of likely N-dealkylation sites (tertiary alicyclic amines) is 2. The van der Waals surface area contributed by atoms with Crippen molar-refractivity contribution in [1.29, 1.82) is 5.26 Å². The van der Waals surface area contributed by atoms with Crippen molar-refractivity contribution < 1.29 is 0 Å². The van der Waals surface area contributed by atoms with E-state index in [1.807, 2.05) is 36.0 Å². The number of aromatic nitrogens is 3. The van der Waals surface area contributed by atoms with E-state index in [-0.39, 0.29) is 0 Å². The number of anilines is 2. The van der Waals surface area contributed by atoms with Gasteiger partial charge in [-0.25, -0.2) is 4.98 Å². The van der Waals surface area contributed by atoms with E-state index in [9.17, 15) is 5.26 Å². The molecule has 2 aliphatic heterocycles. The number of nitriles is 1. The second-order valence-corrected chi connectivity index (χ2v) is 13.5. The SMILES string of the molecule is Cn1ccnc1Sc1ccc(Nc2c(C#N)cnc3cc(-c4cccc(CN5CCC(N6CCCC6)CC5)c4)ccc23)cc1Cl. The molecule has 7 rings (SSSR count). The van der Waals surface area contributed by atoms with Crippen molar-refractivity contribution in [3.05, 3.63) is 95.4 Å². The van der Waals surface area contributed by atoms with E-state index in [0.717, 1.165) is 50.5 Å². The van der Waals surface area contributed by atoms with Gasteiger partial charge in [-0.05, 0) is 98.9 Å². The molecule has 0 atom stereocenters. The molecule has 0 unspecified atom stereocenters. The summed E-state index contributed by atoms with van der Waals surface area (Å²) in [5, 5.41) is 15.7. The molecule has 2 fully saturated rings. The average molecular weight is 634 g/mol. The Labute approximate surface area is 273 Å². The van der Waals surface area contributed by atoms with Crippen molar-refractivity contribution in [2.45, 2.75) is 48.3 Å². The maximum absolute atomic E-state index is 9.92. The minimum absolute atomic E-state index is 0.480. The van der Waals surface area contributed by atoms with E-state index >= 15 is 0 Å². The van der Waals surface area contributed by atoms with Gasteiger partial charge in [-0.15, -0.1) is 0 Å². The molecule has 2 aromatic heterocycles. The lowest BCUT2D eigenvalue weighted by atomic mass is 9.99. The number of halogens is 1. The van der Waals surface area contributed by atoms with Gasteiger partial charge in [0, 0.05) is 54.2 Å². The molecule has 5 aromatic rings. The number of pyridine rings is 1. The molecule has 7 nitrogen and oxygen atoms in total. The molecule has 0 aliphatic carbocycles. The van der Waals surface area contributed by atoms with Gasteiger partial charge in [0.15, 0.2) is 5.16 Å². The van der Waals surface area contributed by atoms with Crippen LogP contribution in [0.4, 0.5) is 11.4 Å². The van der Waals surface area contributed by atoms with E-state index in [4.69, 9.17) is 11.6 Å². The van der Waals surface area contributed by atoms with Gasteiger partial charge in [-0.2, -0.15) is 5.26 Å². The minimum atomic E-state index is 0.480. The molecule has 4 heterocycles. The van der Waals surface area contributed by atoms with Gasteiger partial charge in [0.1, 0.15) is 6.07 Å². The Bertz CT molecular complexity index is 1870. The van der Waals surface area contributed by atoms with Crippen LogP contribution in [0.15, 0.2) is 89.3 Å². The lowest BCUT2D eigenvalue weighted by Crippen LogP contribution is -2.43. The number of piperidine rings is 1. The number of rotatable bonds is 8. The molecule has 0 amide bonds. The van der Waals surface area contributed by atoms with E-state index < -0.39 is 0 Å². The highest BCUT2D eigenvalue weighted by molar-refractivity contribution is 7.99. The van der Waals surface area contributed by atoms with Crippen molar-refractivity contribution in [2.24, 2.45) is 7.05 Å². The van der Waals surface area contributed by atoms with Crippen LogP contribution in [-0.4, -0.2) is 56.6 Å². The molecule has 45 heavy (non-hydrogen) atoms. The lowest BCUT2D eigenvalue weighted by Gasteiger charge is -2.36. The van der Waals surface area contributed by atoms with Crippen LogP contribution in [0, 0.1) is 11.3 Å². The van der Waals surface area contributed by atoms with Crippen LogP contribution < -0.4 is 5.32 Å². The maximum Gasteiger partial charge on any atom is 0.172 e. The Hall–Kier alpha value is -3.87. The van der Waals surface area contributed by atoms with Crippen molar-refractivity contribution in [3.63, 3.8) is 0 Å². The van der Waals surface area contributed by atoms with Gasteiger partial charge in [0.2, 0.25) is 0 Å². The van der Waals surface area contributed by atoms with Gasteiger partial charge in [-0.1, -0.05) is 53.7 Å². The lowest BCUT2D eigenvalue weighted by molar-refractivity contribution is 0.122. The summed E-state index contributed by atoms with van der Waals surface area (Å²) in [6.07, 6.45) is 10.6. The monoisotopic (exact) mass is 633 g/mol. The number of fused-ring (bicyclic) bond motifs is 1. The molecule has 1 N–H and O–H groups in total. The number of aryl methyl sites for hydroxylation is 1. The van der Waals surface area contributed by atoms with Crippen molar-refractivity contribution in [3.8, 4) is 17.2 Å². The van der Waals surface area contributed by atoms with Crippen molar-refractivity contribution in [2.75, 3.05) is 31.5 Å². The summed E-state index contributed by atoms with van der Waals surface area (Å²) in [5.41, 5.74) is 6.46. The van der Waals surface area contributed by atoms with Gasteiger partial charge in [-0.3, -0.25) is 9.88 Å². The molecule has 9 heteroatoms. The first-order valence-corrected chi connectivity index (χ1v) is 16.8. The number of nitrogens with one attached hydrogen (secondary N) is 1. The summed E-state index contributed by atoms with van der Waals surface area (Å²) in [4.78, 5) is 15.3. The van der Waals surface area contributed by atoms with E-state index in [1.54, 1.807) is 12.4 Å². The van der Waals surface area contributed by atoms with Gasteiger partial charge >= 0.3 is 0 Å². The van der Waals surface area contributed by atoms with Gasteiger partial charge in [0.05, 0.1) is 21.8 Å². The Morgan fingerprint density at radius 2 is 1.80 bits per heavy atom. The zero-order valence-electron chi connectivity index (χ0n) is 25.4. The summed E-state index contributed by atoms with van der Waals surface area (Å²) < 4.78 is 1.96. The van der Waals surface area contributed by atoms with E-state index in [1.165, 1.54) is 74.8 Å². The molecule has 0 spiro atoms. The highest BCUT2D eigenvalue weighted by atomic mass is 35.5. The first-order valence-electron chi connectivity index (χ1n) is 15.6. The van der Waals surface area contributed by atoms with Gasteiger partial charge < -0.3 is 14.8 Å². The normalized spacial score (nSPS) is 16.3. The molecular formula is C36H36ClN7S. The Balaban J connectivity index is 1.08. The number of nitrogens with zero attached hydrogens (tertiary/aromatic N) is 6. The number of imidazole rings is 1. The first-order chi connectivity index (χ1) is 22.0. The van der Waals surface area contributed by atoms with Crippen LogP contribution in [0.3, 0.4) is 0 Å². The van der Waals surface area contributed by atoms with E-state index in [0.29, 0.717) is 10.6 Å². The molecule has 228 valence electrons. The molecule has 0 saturated carbocycles. The zero-order chi connectivity index (χ0) is 30.8. The second kappa shape index (κ2) is 13.2. The molecule has 0 radical (unpaired) electrons. The number of hydrogen-bond acceptors (Lipinski definition) is 7. The second-order valence-electron chi connectivity index (χ2n) is 12.0. The summed E-state index contributed by atoms with van der Waals surface area (Å²) >= 11 is 8.19. The number of hydrogen-bond donors (Lipinski definition) is 1. The summed E-state index contributed by atoms with van der Waals surface area (Å²) in [5.74, 6) is 0. The molecule has 2 saturated heterocycles. The van der Waals surface area contributed by atoms with E-state index in [2.05, 4.69) is 73.6 Å². The van der Waals surface area contributed by atoms with Crippen LogP contribution in [0.1, 0.15) is 36.8 Å². The fraction of sp³-hybridized carbons (Fsp3) is 0.306. The van der Waals surface area contributed by atoms with Crippen molar-refractivity contribution in [1.82, 2.24) is 24.3 Å². The van der Waals surface area contributed by atoms with Crippen molar-refractivity contribution >= 4 is 45.6 Å². The number of benzene rings is 3. The van der Waals surface area contributed by atoms with Crippen LogP contribution in [0.2, 0.25) is 5.02 Å². The first kappa shape index (κ1) is 29.8. The predicted octanol–water partition coefficient (Wildman–Crippen LogP) is 8.12. The zero-order valence-corrected chi connectivity index (χ0v) is 27.0. The van der Waals surface area contributed by atoms with Crippen LogP contribution >= 0.6 is 23.4 Å². The third kappa shape index (κ3) is 6.58. The van der Waals surface area contributed by atoms with Gasteiger partial charge in [0.25, 0.3) is 0 Å². The Morgan fingerprint density at radius 3 is 2.56 bits per heavy atom. The third-order valence-electron chi connectivity index (χ3n) is 9.05. The molecule has 0 bridgehead atoms. The molecule has 2 aliphatic rings. The summed E-state index contributed by atoms with van der Waals surface area (Å²) in [6.45, 7) is 5.89. The molecular weight excluding hydrogens is 598 g/mol. The fourth-order valence-electron chi connectivity index (χ4n) is 6.60. The predicted molar refractivity (Wildman–Crippen MR) is 183 cm³/mol. The van der Waals surface area contributed by atoms with Crippen LogP contribution in [0.25, 0.3) is 22.0 Å². The Morgan fingerprint density at radius 1 is 0.978 bits per heavy atom. The quantitative estimate of drug-likeness (QED) is 0.185. The fourth-order valence-corrected chi connectivity index (χ4v) is 7.71. The summed E-state index contributed by atoms with van der Waals surface area (Å²) in [6, 6.07) is 24.1. The Kier molecular flexibility index (Phi) is 8.77. The highest BCUT2D eigenvalue weighted by Gasteiger charge is 2.26. The topological polar surface area (TPSA) is 73.0 Å². The maximum atomic E-state index is 9.92. The van der Waals surface area contributed by atoms with Crippen LogP contribution in [-0.2, 0) is 13.6 Å². The highest BCUT2D eigenvalue weighted by Crippen LogP contribution is 2.37. The largest absolute Gasteiger partial charge is 0.354 e. The standard InChI is InChI=1S/C36H36ClN7S/c1-42-18-13-39-36(42)45-34-10-8-29(21-32(34)37)41-35-28(22-38)23-40-33-20-27(7-9-31(33)35)26-6-4-5-25(19-26)24-43-16-11-30(12-17-43)44-14-2-3-15-44/h4-10,13,18-21,23,30H,2-3,11-12,14-17,24H2,1H3,(H,40,41). The average Bonchev–Trinajstić information content (AvgIpc) is 3.75. The smallest absolute Gasteiger partial charge is 0.172 e. The minimum Gasteiger partial charge on any atom is -0.354 e. The molecule has 3 aromatic carbocycles. The van der Waals surface area contributed by atoms with Crippen LogP contribution in [0.5, 0.6) is 0 Å². The summed E-state index contributed by atoms with van der Waals surface area (Å²) in [7, 11) is 1.96.